The minimum absolute atomic E-state index is 0.135. The van der Waals surface area contributed by atoms with E-state index in [2.05, 4.69) is 9.62 Å². The van der Waals surface area contributed by atoms with Gasteiger partial charge in [-0.25, -0.2) is 8.42 Å². The molecular weight excluding hydrogens is 320 g/mol. The molecule has 0 spiro atoms. The van der Waals surface area contributed by atoms with Crippen molar-refractivity contribution in [3.8, 4) is 0 Å². The zero-order chi connectivity index (χ0) is 15.7. The van der Waals surface area contributed by atoms with E-state index in [1.54, 1.807) is 30.3 Å². The number of fused-ring (bicyclic) bond motifs is 1. The number of halogens is 1. The summed E-state index contributed by atoms with van der Waals surface area (Å²) in [5.74, 6) is -0.135. The van der Waals surface area contributed by atoms with Crippen molar-refractivity contribution < 1.29 is 8.42 Å². The van der Waals surface area contributed by atoms with Crippen molar-refractivity contribution in [1.82, 2.24) is 0 Å². The average Bonchev–Trinajstić information content (AvgIpc) is 2.82. The van der Waals surface area contributed by atoms with Crippen LogP contribution in [0.25, 0.3) is 0 Å². The molecule has 1 heterocycles. The summed E-state index contributed by atoms with van der Waals surface area (Å²) in [5.41, 5.74) is 3.52. The van der Waals surface area contributed by atoms with Crippen molar-refractivity contribution in [2.45, 2.75) is 12.2 Å². The van der Waals surface area contributed by atoms with Crippen LogP contribution < -0.4 is 9.62 Å². The summed E-state index contributed by atoms with van der Waals surface area (Å²) in [7, 11) is -1.45. The molecule has 1 aliphatic heterocycles. The third-order valence-corrected chi connectivity index (χ3v) is 5.39. The summed E-state index contributed by atoms with van der Waals surface area (Å²) in [6, 6.07) is 12.6. The average molecular weight is 337 g/mol. The summed E-state index contributed by atoms with van der Waals surface area (Å²) in [4.78, 5) is 2.16. The molecule has 0 atom stereocenters. The number of likely N-dealkylation sites (N-methyl/N-ethyl adjacent to an activating group) is 1. The molecule has 0 aromatic heterocycles. The van der Waals surface area contributed by atoms with Crippen LogP contribution in [-0.2, 0) is 22.2 Å². The number of nitrogens with zero attached hydrogens (tertiary/aromatic N) is 1. The summed E-state index contributed by atoms with van der Waals surface area (Å²) in [6.45, 7) is 0.963. The Morgan fingerprint density at radius 3 is 2.77 bits per heavy atom. The van der Waals surface area contributed by atoms with E-state index >= 15 is 0 Å². The van der Waals surface area contributed by atoms with Gasteiger partial charge in [-0.1, -0.05) is 29.8 Å². The van der Waals surface area contributed by atoms with Crippen LogP contribution in [0.1, 0.15) is 11.1 Å². The topological polar surface area (TPSA) is 49.4 Å². The van der Waals surface area contributed by atoms with Crippen LogP contribution in [-0.4, -0.2) is 22.0 Å². The quantitative estimate of drug-likeness (QED) is 0.932. The van der Waals surface area contributed by atoms with Crippen LogP contribution in [0.15, 0.2) is 42.5 Å². The zero-order valence-corrected chi connectivity index (χ0v) is 13.8. The van der Waals surface area contributed by atoms with Gasteiger partial charge < -0.3 is 4.90 Å². The Labute approximate surface area is 135 Å². The molecule has 116 valence electrons. The minimum atomic E-state index is -3.49. The smallest absolute Gasteiger partial charge is 0.236 e. The van der Waals surface area contributed by atoms with Crippen molar-refractivity contribution in [2.24, 2.45) is 0 Å². The fourth-order valence-corrected chi connectivity index (χ4v) is 4.17. The second-order valence-corrected chi connectivity index (χ2v) is 7.60. The third-order valence-electron chi connectivity index (χ3n) is 3.78. The van der Waals surface area contributed by atoms with E-state index in [0.29, 0.717) is 16.3 Å². The standard InChI is InChI=1S/C16H17ClN2O2S/c1-19-9-8-12-10-14(6-7-16(12)19)18-22(20,21)11-13-4-2-3-5-15(13)17/h2-7,10,18H,8-9,11H2,1H3. The first kappa shape index (κ1) is 15.2. The molecule has 1 aliphatic rings. The molecule has 22 heavy (non-hydrogen) atoms. The van der Waals surface area contributed by atoms with Gasteiger partial charge in [0.15, 0.2) is 0 Å². The minimum Gasteiger partial charge on any atom is -0.374 e. The monoisotopic (exact) mass is 336 g/mol. The first-order chi connectivity index (χ1) is 10.4. The van der Waals surface area contributed by atoms with Crippen molar-refractivity contribution in [2.75, 3.05) is 23.2 Å². The fraction of sp³-hybridized carbons (Fsp3) is 0.250. The molecule has 0 fully saturated rings. The van der Waals surface area contributed by atoms with E-state index in [9.17, 15) is 8.42 Å². The lowest BCUT2D eigenvalue weighted by atomic mass is 10.1. The van der Waals surface area contributed by atoms with E-state index in [1.165, 1.54) is 5.56 Å². The van der Waals surface area contributed by atoms with Gasteiger partial charge in [0.25, 0.3) is 0 Å². The highest BCUT2D eigenvalue weighted by Gasteiger charge is 2.18. The Hall–Kier alpha value is -1.72. The van der Waals surface area contributed by atoms with Crippen molar-refractivity contribution in [3.63, 3.8) is 0 Å². The van der Waals surface area contributed by atoms with Crippen molar-refractivity contribution >= 4 is 33.0 Å². The Kier molecular flexibility index (Phi) is 4.02. The summed E-state index contributed by atoms with van der Waals surface area (Å²) >= 11 is 6.03. The number of nitrogens with one attached hydrogen (secondary N) is 1. The molecular formula is C16H17ClN2O2S. The number of hydrogen-bond donors (Lipinski definition) is 1. The largest absolute Gasteiger partial charge is 0.374 e. The number of hydrogen-bond acceptors (Lipinski definition) is 3. The van der Waals surface area contributed by atoms with Gasteiger partial charge in [-0.05, 0) is 41.8 Å². The molecule has 3 rings (SSSR count). The van der Waals surface area contributed by atoms with Gasteiger partial charge in [0.2, 0.25) is 10.0 Å². The maximum atomic E-state index is 12.3. The second-order valence-electron chi connectivity index (χ2n) is 5.47. The predicted octanol–water partition coefficient (Wildman–Crippen LogP) is 3.27. The van der Waals surface area contributed by atoms with Crippen LogP contribution in [0.2, 0.25) is 5.02 Å². The first-order valence-electron chi connectivity index (χ1n) is 7.02. The van der Waals surface area contributed by atoms with Crippen LogP contribution in [0, 0.1) is 0 Å². The van der Waals surface area contributed by atoms with Crippen LogP contribution in [0.4, 0.5) is 11.4 Å². The van der Waals surface area contributed by atoms with E-state index in [4.69, 9.17) is 11.6 Å². The van der Waals surface area contributed by atoms with E-state index in [1.807, 2.05) is 19.2 Å². The lowest BCUT2D eigenvalue weighted by Crippen LogP contribution is -2.15. The molecule has 0 unspecified atom stereocenters. The predicted molar refractivity (Wildman–Crippen MR) is 91.1 cm³/mol. The highest BCUT2D eigenvalue weighted by Crippen LogP contribution is 2.29. The number of sulfonamides is 1. The van der Waals surface area contributed by atoms with Gasteiger partial charge in [-0.2, -0.15) is 0 Å². The normalized spacial score (nSPS) is 14.0. The Bertz CT molecular complexity index is 806. The fourth-order valence-electron chi connectivity index (χ4n) is 2.67. The number of rotatable bonds is 4. The molecule has 0 saturated carbocycles. The van der Waals surface area contributed by atoms with Crippen molar-refractivity contribution in [1.29, 1.82) is 0 Å². The van der Waals surface area contributed by atoms with E-state index < -0.39 is 10.0 Å². The van der Waals surface area contributed by atoms with Crippen LogP contribution >= 0.6 is 11.6 Å². The van der Waals surface area contributed by atoms with Gasteiger partial charge in [0, 0.05) is 30.0 Å². The maximum absolute atomic E-state index is 12.3. The van der Waals surface area contributed by atoms with Gasteiger partial charge in [-0.3, -0.25) is 4.72 Å². The van der Waals surface area contributed by atoms with E-state index in [0.717, 1.165) is 18.7 Å². The van der Waals surface area contributed by atoms with Gasteiger partial charge in [-0.15, -0.1) is 0 Å². The molecule has 2 aromatic carbocycles. The molecule has 0 bridgehead atoms. The van der Waals surface area contributed by atoms with Gasteiger partial charge >= 0.3 is 0 Å². The lowest BCUT2D eigenvalue weighted by Gasteiger charge is -2.13. The lowest BCUT2D eigenvalue weighted by molar-refractivity contribution is 0.600. The Morgan fingerprint density at radius 1 is 1.23 bits per heavy atom. The highest BCUT2D eigenvalue weighted by molar-refractivity contribution is 7.91. The van der Waals surface area contributed by atoms with E-state index in [-0.39, 0.29) is 5.75 Å². The number of benzene rings is 2. The molecule has 0 aliphatic carbocycles. The molecule has 2 aromatic rings. The third kappa shape index (κ3) is 3.20. The SMILES string of the molecule is CN1CCc2cc(NS(=O)(=O)Cc3ccccc3Cl)ccc21. The Morgan fingerprint density at radius 2 is 2.00 bits per heavy atom. The molecule has 1 N–H and O–H groups in total. The number of anilines is 2. The van der Waals surface area contributed by atoms with Crippen LogP contribution in [0.3, 0.4) is 0 Å². The highest BCUT2D eigenvalue weighted by atomic mass is 35.5. The molecule has 4 nitrogen and oxygen atoms in total. The van der Waals surface area contributed by atoms with Gasteiger partial charge in [0.05, 0.1) is 5.75 Å². The second kappa shape index (κ2) is 5.82. The maximum Gasteiger partial charge on any atom is 0.236 e. The molecule has 0 amide bonds. The molecule has 0 saturated heterocycles. The van der Waals surface area contributed by atoms with Gasteiger partial charge in [0.1, 0.15) is 0 Å². The summed E-state index contributed by atoms with van der Waals surface area (Å²) < 4.78 is 27.2. The summed E-state index contributed by atoms with van der Waals surface area (Å²) in [5, 5.41) is 0.462. The molecule has 6 heteroatoms. The zero-order valence-electron chi connectivity index (χ0n) is 12.2. The van der Waals surface area contributed by atoms with Crippen LogP contribution in [0.5, 0.6) is 0 Å². The Balaban J connectivity index is 1.79. The first-order valence-corrected chi connectivity index (χ1v) is 9.05. The summed E-state index contributed by atoms with van der Waals surface area (Å²) in [6.07, 6.45) is 0.936. The molecule has 0 radical (unpaired) electrons. The van der Waals surface area contributed by atoms with Crippen molar-refractivity contribution in [3.05, 3.63) is 58.6 Å².